The Balaban J connectivity index is 1.69. The summed E-state index contributed by atoms with van der Waals surface area (Å²) < 4.78 is 40.6. The van der Waals surface area contributed by atoms with Crippen molar-refractivity contribution in [1.82, 2.24) is 23.7 Å². The van der Waals surface area contributed by atoms with Crippen LogP contribution in [0.25, 0.3) is 0 Å². The first-order chi connectivity index (χ1) is 19.0. The van der Waals surface area contributed by atoms with E-state index in [1.807, 2.05) is 25.1 Å². The summed E-state index contributed by atoms with van der Waals surface area (Å²) in [4.78, 5) is 23.6. The van der Waals surface area contributed by atoms with Crippen molar-refractivity contribution in [2.75, 3.05) is 33.9 Å². The first-order valence-electron chi connectivity index (χ1n) is 12.7. The summed E-state index contributed by atoms with van der Waals surface area (Å²) in [6.07, 6.45) is 3.71. The Hall–Kier alpha value is -3.92. The Kier molecular flexibility index (Phi) is 8.78. The number of para-hydroxylation sites is 1. The number of aromatic nitrogens is 3. The van der Waals surface area contributed by atoms with E-state index in [1.165, 1.54) is 30.1 Å². The number of carbonyl (C=O) groups is 1. The molecule has 4 rings (SSSR count). The number of likely N-dealkylation sites (N-methyl/N-ethyl adjacent to an activating group) is 1. The van der Waals surface area contributed by atoms with E-state index in [-0.39, 0.29) is 48.0 Å². The molecule has 40 heavy (non-hydrogen) atoms. The van der Waals surface area contributed by atoms with Crippen LogP contribution in [0.3, 0.4) is 0 Å². The van der Waals surface area contributed by atoms with Crippen molar-refractivity contribution >= 4 is 15.9 Å². The molecule has 212 valence electrons. The van der Waals surface area contributed by atoms with Gasteiger partial charge in [-0.05, 0) is 25.1 Å². The van der Waals surface area contributed by atoms with Crippen molar-refractivity contribution in [3.05, 3.63) is 65.7 Å². The zero-order valence-electron chi connectivity index (χ0n) is 23.1. The molecule has 11 nitrogen and oxygen atoms in total. The molecule has 0 aliphatic carbocycles. The van der Waals surface area contributed by atoms with E-state index in [4.69, 9.17) is 9.47 Å². The molecule has 0 unspecified atom stereocenters. The number of hydrogen-bond acceptors (Lipinski definition) is 8. The molecule has 1 aliphatic rings. The van der Waals surface area contributed by atoms with Crippen LogP contribution < -0.4 is 9.47 Å². The zero-order valence-corrected chi connectivity index (χ0v) is 23.9. The van der Waals surface area contributed by atoms with Gasteiger partial charge in [-0.3, -0.25) is 4.79 Å². The summed E-state index contributed by atoms with van der Waals surface area (Å²) in [6.45, 7) is 3.60. The molecular formula is C28H33N5O6S. The highest BCUT2D eigenvalue weighted by Gasteiger charge is 2.36. The topological polar surface area (TPSA) is 127 Å². The van der Waals surface area contributed by atoms with Crippen LogP contribution in [0.15, 0.2) is 54.1 Å². The van der Waals surface area contributed by atoms with Gasteiger partial charge in [0.05, 0.1) is 38.2 Å². The molecule has 0 bridgehead atoms. The second-order valence-electron chi connectivity index (χ2n) is 9.81. The Morgan fingerprint density at radius 3 is 2.70 bits per heavy atom. The number of ether oxygens (including phenoxy) is 2. The summed E-state index contributed by atoms with van der Waals surface area (Å²) in [6, 6.07) is 8.45. The quantitative estimate of drug-likeness (QED) is 0.428. The first kappa shape index (κ1) is 29.1. The average molecular weight is 568 g/mol. The van der Waals surface area contributed by atoms with Crippen LogP contribution in [0.2, 0.25) is 0 Å². The van der Waals surface area contributed by atoms with Gasteiger partial charge in [0.1, 0.15) is 17.4 Å². The lowest BCUT2D eigenvalue weighted by Crippen LogP contribution is -2.50. The van der Waals surface area contributed by atoms with Crippen LogP contribution >= 0.6 is 0 Å². The molecule has 3 heterocycles. The summed E-state index contributed by atoms with van der Waals surface area (Å²) in [5.41, 5.74) is 1.35. The fourth-order valence-corrected chi connectivity index (χ4v) is 5.45. The van der Waals surface area contributed by atoms with E-state index in [1.54, 1.807) is 42.7 Å². The fourth-order valence-electron chi connectivity index (χ4n) is 4.31. The van der Waals surface area contributed by atoms with Crippen molar-refractivity contribution in [1.29, 1.82) is 0 Å². The molecule has 1 aliphatic heterocycles. The number of imidazole rings is 1. The van der Waals surface area contributed by atoms with E-state index in [0.717, 1.165) is 0 Å². The highest BCUT2D eigenvalue weighted by molar-refractivity contribution is 7.89. The molecule has 2 aromatic heterocycles. The molecule has 3 atom stereocenters. The number of hydrogen-bond donors (Lipinski definition) is 1. The number of amides is 1. The summed E-state index contributed by atoms with van der Waals surface area (Å²) >= 11 is 0. The van der Waals surface area contributed by atoms with Crippen molar-refractivity contribution in [2.24, 2.45) is 13.0 Å². The van der Waals surface area contributed by atoms with Gasteiger partial charge in [0.2, 0.25) is 5.88 Å². The lowest BCUT2D eigenvalue weighted by Gasteiger charge is -2.37. The van der Waals surface area contributed by atoms with Gasteiger partial charge in [-0.1, -0.05) is 30.9 Å². The zero-order chi connectivity index (χ0) is 29.0. The number of aliphatic hydroxyl groups is 1. The lowest BCUT2D eigenvalue weighted by atomic mass is 10.0. The smallest absolute Gasteiger partial charge is 0.261 e. The number of rotatable bonds is 7. The van der Waals surface area contributed by atoms with Crippen LogP contribution in [-0.2, 0) is 17.1 Å². The van der Waals surface area contributed by atoms with Crippen molar-refractivity contribution < 1.29 is 27.8 Å². The minimum Gasteiger partial charge on any atom is -0.495 e. The number of carbonyl (C=O) groups excluding carboxylic acids is 1. The van der Waals surface area contributed by atoms with Gasteiger partial charge < -0.3 is 24.0 Å². The summed E-state index contributed by atoms with van der Waals surface area (Å²) in [5, 5.41) is 9.82. The van der Waals surface area contributed by atoms with E-state index in [2.05, 4.69) is 21.8 Å². The molecule has 0 spiro atoms. The summed E-state index contributed by atoms with van der Waals surface area (Å²) in [7, 11) is 0.841. The van der Waals surface area contributed by atoms with E-state index < -0.39 is 22.2 Å². The monoisotopic (exact) mass is 567 g/mol. The van der Waals surface area contributed by atoms with Crippen LogP contribution in [0, 0.1) is 17.8 Å². The number of aryl methyl sites for hydroxylation is 1. The first-order valence-corrected chi connectivity index (χ1v) is 14.2. The lowest BCUT2D eigenvalue weighted by molar-refractivity contribution is 0.0373. The number of nitrogens with zero attached hydrogens (tertiary/aromatic N) is 5. The van der Waals surface area contributed by atoms with Crippen LogP contribution in [-0.4, -0.2) is 89.2 Å². The third-order valence-corrected chi connectivity index (χ3v) is 8.47. The van der Waals surface area contributed by atoms with Gasteiger partial charge in [-0.15, -0.1) is 0 Å². The highest BCUT2D eigenvalue weighted by Crippen LogP contribution is 2.28. The number of benzene rings is 1. The van der Waals surface area contributed by atoms with Crippen LogP contribution in [0.1, 0.15) is 35.3 Å². The standard InChI is InChI=1S/C28H33N5O6S/c1-19-14-33(20(2)17-34)28(35)23-12-21(10-11-22-8-6-7-9-24(22)38-5)13-29-27(23)39-25(19)15-32(4)40(36,37)26-16-31(3)18-30-26/h6-9,12-13,16,18-20,25,34H,14-15,17H2,1-5H3/t19-,20-,25-/m0/s1. The van der Waals surface area contributed by atoms with Gasteiger partial charge in [0, 0.05) is 44.5 Å². The Labute approximate surface area is 234 Å². The number of aliphatic hydroxyl groups excluding tert-OH is 1. The largest absolute Gasteiger partial charge is 0.495 e. The highest BCUT2D eigenvalue weighted by atomic mass is 32.2. The Bertz CT molecular complexity index is 1540. The molecule has 1 amide bonds. The third-order valence-electron chi connectivity index (χ3n) is 6.76. The minimum absolute atomic E-state index is 0.00785. The second kappa shape index (κ2) is 12.1. The van der Waals surface area contributed by atoms with Crippen molar-refractivity contribution in [2.45, 2.75) is 31.0 Å². The molecule has 0 radical (unpaired) electrons. The van der Waals surface area contributed by atoms with Crippen LogP contribution in [0.5, 0.6) is 11.6 Å². The van der Waals surface area contributed by atoms with Gasteiger partial charge in [0.25, 0.3) is 15.9 Å². The molecular weight excluding hydrogens is 534 g/mol. The van der Waals surface area contributed by atoms with E-state index in [0.29, 0.717) is 16.9 Å². The second-order valence-corrected chi connectivity index (χ2v) is 11.8. The van der Waals surface area contributed by atoms with Crippen molar-refractivity contribution in [3.8, 4) is 23.5 Å². The predicted molar refractivity (Wildman–Crippen MR) is 147 cm³/mol. The van der Waals surface area contributed by atoms with Gasteiger partial charge in [-0.25, -0.2) is 18.4 Å². The van der Waals surface area contributed by atoms with E-state index >= 15 is 0 Å². The van der Waals surface area contributed by atoms with Crippen molar-refractivity contribution in [3.63, 3.8) is 0 Å². The predicted octanol–water partition coefficient (Wildman–Crippen LogP) is 1.76. The maximum atomic E-state index is 13.6. The third kappa shape index (κ3) is 6.12. The number of sulfonamides is 1. The fraction of sp³-hybridized carbons (Fsp3) is 0.393. The molecule has 0 saturated heterocycles. The molecule has 3 aromatic rings. The number of fused-ring (bicyclic) bond motifs is 1. The van der Waals surface area contributed by atoms with E-state index in [9.17, 15) is 18.3 Å². The molecule has 12 heteroatoms. The minimum atomic E-state index is -3.88. The molecule has 0 saturated carbocycles. The number of pyridine rings is 1. The molecule has 1 N–H and O–H groups in total. The molecule has 1 aromatic carbocycles. The Morgan fingerprint density at radius 1 is 1.27 bits per heavy atom. The normalized spacial score (nSPS) is 18.2. The van der Waals surface area contributed by atoms with Gasteiger partial charge >= 0.3 is 0 Å². The maximum Gasteiger partial charge on any atom is 0.261 e. The summed E-state index contributed by atoms with van der Waals surface area (Å²) in [5.74, 6) is 6.12. The van der Waals surface area contributed by atoms with Crippen LogP contribution in [0.4, 0.5) is 0 Å². The molecule has 0 fully saturated rings. The average Bonchev–Trinajstić information content (AvgIpc) is 3.40. The maximum absolute atomic E-state index is 13.6. The number of methoxy groups -OCH3 is 1. The Morgan fingerprint density at radius 2 is 2.02 bits per heavy atom. The van der Waals surface area contributed by atoms with Gasteiger partial charge in [-0.2, -0.15) is 4.31 Å². The SMILES string of the molecule is COc1ccccc1C#Cc1cnc2c(c1)C(=O)N([C@@H](C)CO)C[C@H](C)[C@H](CN(C)S(=O)(=O)c1cn(C)cn1)O2. The van der Waals surface area contributed by atoms with Gasteiger partial charge in [0.15, 0.2) is 5.03 Å².